The highest BCUT2D eigenvalue weighted by molar-refractivity contribution is 7.10. The normalized spacial score (nSPS) is 12.3. The van der Waals surface area contributed by atoms with Gasteiger partial charge in [0.1, 0.15) is 5.75 Å². The van der Waals surface area contributed by atoms with Crippen LogP contribution in [0.1, 0.15) is 23.4 Å². The Hall–Kier alpha value is -2.07. The first-order valence-electron chi connectivity index (χ1n) is 6.35. The van der Waals surface area contributed by atoms with Crippen LogP contribution in [0.15, 0.2) is 47.9 Å². The number of nitrogens with one attached hydrogen (secondary N) is 1. The van der Waals surface area contributed by atoms with E-state index in [0.717, 1.165) is 16.2 Å². The average Bonchev–Trinajstić information content (AvgIpc) is 2.98. The van der Waals surface area contributed by atoms with E-state index in [1.54, 1.807) is 24.5 Å². The molecule has 1 heterocycles. The van der Waals surface area contributed by atoms with Crippen molar-refractivity contribution in [1.29, 1.82) is 0 Å². The Bertz CT molecular complexity index is 590. The topological polar surface area (TPSA) is 38.3 Å². The molecular formula is C16H17NO2S. The fraction of sp³-hybridized carbons (Fsp3) is 0.188. The van der Waals surface area contributed by atoms with Crippen molar-refractivity contribution in [3.8, 4) is 5.75 Å². The van der Waals surface area contributed by atoms with E-state index >= 15 is 0 Å². The molecule has 0 aliphatic carbocycles. The zero-order valence-electron chi connectivity index (χ0n) is 11.5. The Balaban J connectivity index is 1.96. The first-order valence-corrected chi connectivity index (χ1v) is 7.23. The predicted molar refractivity (Wildman–Crippen MR) is 82.9 cm³/mol. The molecule has 1 atom stereocenters. The maximum atomic E-state index is 11.9. The SMILES string of the molecule is COc1cccc(C(C)NC(=O)/C=C/c2cccs2)c1. The first kappa shape index (κ1) is 14.3. The minimum absolute atomic E-state index is 0.0643. The number of carbonyl (C=O) groups excluding carboxylic acids is 1. The summed E-state index contributed by atoms with van der Waals surface area (Å²) in [6, 6.07) is 11.6. The number of hydrogen-bond donors (Lipinski definition) is 1. The van der Waals surface area contributed by atoms with Crippen LogP contribution in [0.25, 0.3) is 6.08 Å². The van der Waals surface area contributed by atoms with E-state index in [0.29, 0.717) is 0 Å². The number of rotatable bonds is 5. The van der Waals surface area contributed by atoms with Crippen molar-refractivity contribution >= 4 is 23.3 Å². The summed E-state index contributed by atoms with van der Waals surface area (Å²) in [5.74, 6) is 0.687. The van der Waals surface area contributed by atoms with Crippen LogP contribution in [-0.2, 0) is 4.79 Å². The molecule has 1 aromatic heterocycles. The zero-order chi connectivity index (χ0) is 14.4. The van der Waals surface area contributed by atoms with Crippen LogP contribution in [0.4, 0.5) is 0 Å². The monoisotopic (exact) mass is 287 g/mol. The molecule has 0 spiro atoms. The molecule has 1 N–H and O–H groups in total. The second kappa shape index (κ2) is 6.91. The van der Waals surface area contributed by atoms with Crippen molar-refractivity contribution in [1.82, 2.24) is 5.32 Å². The Morgan fingerprint density at radius 1 is 1.35 bits per heavy atom. The van der Waals surface area contributed by atoms with Gasteiger partial charge in [0.05, 0.1) is 13.2 Å². The van der Waals surface area contributed by atoms with Gasteiger partial charge in [0, 0.05) is 11.0 Å². The smallest absolute Gasteiger partial charge is 0.244 e. The number of methoxy groups -OCH3 is 1. The molecule has 20 heavy (non-hydrogen) atoms. The van der Waals surface area contributed by atoms with Gasteiger partial charge in [0.25, 0.3) is 0 Å². The maximum Gasteiger partial charge on any atom is 0.244 e. The lowest BCUT2D eigenvalue weighted by atomic mass is 10.1. The largest absolute Gasteiger partial charge is 0.497 e. The lowest BCUT2D eigenvalue weighted by Crippen LogP contribution is -2.24. The molecule has 4 heteroatoms. The van der Waals surface area contributed by atoms with Gasteiger partial charge in [0.15, 0.2) is 0 Å². The molecule has 0 radical (unpaired) electrons. The standard InChI is InChI=1S/C16H17NO2S/c1-12(13-5-3-6-14(11-13)19-2)17-16(18)9-8-15-7-4-10-20-15/h3-12H,1-2H3,(H,17,18)/b9-8+. The van der Waals surface area contributed by atoms with Crippen LogP contribution < -0.4 is 10.1 Å². The number of hydrogen-bond acceptors (Lipinski definition) is 3. The van der Waals surface area contributed by atoms with Crippen LogP contribution in [0.5, 0.6) is 5.75 Å². The van der Waals surface area contributed by atoms with Gasteiger partial charge in [-0.2, -0.15) is 0 Å². The Kier molecular flexibility index (Phi) is 4.96. The third-order valence-corrected chi connectivity index (χ3v) is 3.73. The highest BCUT2D eigenvalue weighted by atomic mass is 32.1. The molecule has 1 unspecified atom stereocenters. The Morgan fingerprint density at radius 3 is 2.90 bits per heavy atom. The number of benzene rings is 1. The third kappa shape index (κ3) is 3.96. The van der Waals surface area contributed by atoms with Crippen molar-refractivity contribution < 1.29 is 9.53 Å². The van der Waals surface area contributed by atoms with E-state index in [2.05, 4.69) is 5.32 Å². The quantitative estimate of drug-likeness (QED) is 0.853. The summed E-state index contributed by atoms with van der Waals surface area (Å²) >= 11 is 1.60. The first-order chi connectivity index (χ1) is 9.69. The number of ether oxygens (including phenoxy) is 1. The van der Waals surface area contributed by atoms with Gasteiger partial charge >= 0.3 is 0 Å². The maximum absolute atomic E-state index is 11.9. The number of amides is 1. The van der Waals surface area contributed by atoms with Gasteiger partial charge < -0.3 is 10.1 Å². The Labute approximate surface area is 122 Å². The molecule has 0 aliphatic heterocycles. The zero-order valence-corrected chi connectivity index (χ0v) is 12.3. The summed E-state index contributed by atoms with van der Waals surface area (Å²) in [6.45, 7) is 1.95. The van der Waals surface area contributed by atoms with Crippen LogP contribution in [0.3, 0.4) is 0 Å². The van der Waals surface area contributed by atoms with Gasteiger partial charge in [-0.05, 0) is 42.1 Å². The van der Waals surface area contributed by atoms with Crippen molar-refractivity contribution in [2.45, 2.75) is 13.0 Å². The molecule has 0 aliphatic rings. The lowest BCUT2D eigenvalue weighted by molar-refractivity contribution is -0.117. The average molecular weight is 287 g/mol. The molecule has 2 aromatic rings. The second-order valence-electron chi connectivity index (χ2n) is 4.36. The molecular weight excluding hydrogens is 270 g/mol. The molecule has 3 nitrogen and oxygen atoms in total. The van der Waals surface area contributed by atoms with Gasteiger partial charge in [-0.15, -0.1) is 11.3 Å². The minimum atomic E-state index is -0.103. The molecule has 0 fully saturated rings. The van der Waals surface area contributed by atoms with E-state index in [1.807, 2.05) is 54.8 Å². The van der Waals surface area contributed by atoms with Crippen LogP contribution in [-0.4, -0.2) is 13.0 Å². The highest BCUT2D eigenvalue weighted by Gasteiger charge is 2.08. The summed E-state index contributed by atoms with van der Waals surface area (Å²) in [5.41, 5.74) is 1.02. The van der Waals surface area contributed by atoms with Crippen LogP contribution in [0, 0.1) is 0 Å². The van der Waals surface area contributed by atoms with Crippen LogP contribution >= 0.6 is 11.3 Å². The molecule has 0 saturated carbocycles. The van der Waals surface area contributed by atoms with Crippen molar-refractivity contribution in [3.05, 3.63) is 58.3 Å². The summed E-state index contributed by atoms with van der Waals surface area (Å²) in [6.07, 6.45) is 3.38. The third-order valence-electron chi connectivity index (χ3n) is 2.89. The highest BCUT2D eigenvalue weighted by Crippen LogP contribution is 2.18. The molecule has 104 valence electrons. The van der Waals surface area contributed by atoms with E-state index < -0.39 is 0 Å². The van der Waals surface area contributed by atoms with Crippen molar-refractivity contribution in [3.63, 3.8) is 0 Å². The predicted octanol–water partition coefficient (Wildman–Crippen LogP) is 3.65. The number of carbonyl (C=O) groups is 1. The molecule has 1 aromatic carbocycles. The van der Waals surface area contributed by atoms with E-state index in [-0.39, 0.29) is 11.9 Å². The van der Waals surface area contributed by atoms with Gasteiger partial charge in [0.2, 0.25) is 5.91 Å². The van der Waals surface area contributed by atoms with Gasteiger partial charge in [-0.1, -0.05) is 18.2 Å². The molecule has 0 bridgehead atoms. The number of thiophene rings is 1. The second-order valence-corrected chi connectivity index (χ2v) is 5.33. The van der Waals surface area contributed by atoms with Gasteiger partial charge in [-0.25, -0.2) is 0 Å². The summed E-state index contributed by atoms with van der Waals surface area (Å²) < 4.78 is 5.18. The van der Waals surface area contributed by atoms with E-state index in [1.165, 1.54) is 0 Å². The Morgan fingerprint density at radius 2 is 2.20 bits per heavy atom. The molecule has 1 amide bonds. The molecule has 0 saturated heterocycles. The fourth-order valence-corrected chi connectivity index (χ4v) is 2.42. The van der Waals surface area contributed by atoms with E-state index in [4.69, 9.17) is 4.74 Å². The van der Waals surface area contributed by atoms with Crippen molar-refractivity contribution in [2.75, 3.05) is 7.11 Å². The van der Waals surface area contributed by atoms with Crippen molar-refractivity contribution in [2.24, 2.45) is 0 Å². The summed E-state index contributed by atoms with van der Waals surface area (Å²) in [7, 11) is 1.63. The summed E-state index contributed by atoms with van der Waals surface area (Å²) in [5, 5.41) is 4.92. The fourth-order valence-electron chi connectivity index (χ4n) is 1.80. The van der Waals surface area contributed by atoms with E-state index in [9.17, 15) is 4.79 Å². The molecule has 2 rings (SSSR count). The van der Waals surface area contributed by atoms with Crippen LogP contribution in [0.2, 0.25) is 0 Å². The summed E-state index contributed by atoms with van der Waals surface area (Å²) in [4.78, 5) is 12.9. The lowest BCUT2D eigenvalue weighted by Gasteiger charge is -2.13. The van der Waals surface area contributed by atoms with Gasteiger partial charge in [-0.3, -0.25) is 4.79 Å². The minimum Gasteiger partial charge on any atom is -0.497 e.